The lowest BCUT2D eigenvalue weighted by atomic mass is 9.84. The van der Waals surface area contributed by atoms with Gasteiger partial charge in [0.1, 0.15) is 5.75 Å². The number of hydrogen-bond acceptors (Lipinski definition) is 2. The van der Waals surface area contributed by atoms with E-state index in [1.165, 1.54) is 18.4 Å². The van der Waals surface area contributed by atoms with Gasteiger partial charge in [-0.25, -0.2) is 0 Å². The lowest BCUT2D eigenvalue weighted by Gasteiger charge is -2.29. The van der Waals surface area contributed by atoms with Crippen molar-refractivity contribution < 1.29 is 4.74 Å². The first kappa shape index (κ1) is 15.5. The van der Waals surface area contributed by atoms with Crippen LogP contribution in [-0.2, 0) is 6.42 Å². The second-order valence-corrected chi connectivity index (χ2v) is 5.87. The largest absolute Gasteiger partial charge is 0.496 e. The summed E-state index contributed by atoms with van der Waals surface area (Å²) in [7, 11) is 1.71. The van der Waals surface area contributed by atoms with Gasteiger partial charge < -0.3 is 10.5 Å². The van der Waals surface area contributed by atoms with Crippen LogP contribution in [0.3, 0.4) is 0 Å². The number of hydrogen-bond donors (Lipinski definition) is 1. The molecule has 0 spiro atoms. The van der Waals surface area contributed by atoms with Gasteiger partial charge in [0.05, 0.1) is 7.11 Å². The summed E-state index contributed by atoms with van der Waals surface area (Å²) in [5, 5.41) is 0. The monoisotopic (exact) mass is 313 g/mol. The SMILES string of the molecule is CCCCC(N)(CC)Cc1cc(Br)ccc1OC. The topological polar surface area (TPSA) is 35.2 Å². The van der Waals surface area contributed by atoms with E-state index in [2.05, 4.69) is 35.8 Å². The highest BCUT2D eigenvalue weighted by molar-refractivity contribution is 9.10. The molecule has 0 saturated heterocycles. The molecule has 1 atom stereocenters. The number of methoxy groups -OCH3 is 1. The standard InChI is InChI=1S/C15H24BrNO/c1-4-6-9-15(17,5-2)11-12-10-13(16)7-8-14(12)18-3/h7-8,10H,4-6,9,11,17H2,1-3H3. The Labute approximate surface area is 119 Å². The molecule has 0 aliphatic carbocycles. The predicted molar refractivity (Wildman–Crippen MR) is 81.1 cm³/mol. The Morgan fingerprint density at radius 3 is 2.61 bits per heavy atom. The van der Waals surface area contributed by atoms with Gasteiger partial charge in [0.15, 0.2) is 0 Å². The molecule has 0 saturated carbocycles. The summed E-state index contributed by atoms with van der Waals surface area (Å²) < 4.78 is 6.49. The van der Waals surface area contributed by atoms with E-state index in [4.69, 9.17) is 10.5 Å². The van der Waals surface area contributed by atoms with E-state index in [-0.39, 0.29) is 5.54 Å². The number of unbranched alkanes of at least 4 members (excludes halogenated alkanes) is 1. The van der Waals surface area contributed by atoms with E-state index in [0.717, 1.165) is 29.5 Å². The van der Waals surface area contributed by atoms with Crippen molar-refractivity contribution in [3.05, 3.63) is 28.2 Å². The van der Waals surface area contributed by atoms with Crippen LogP contribution in [0.5, 0.6) is 5.75 Å². The molecule has 1 aromatic carbocycles. The smallest absolute Gasteiger partial charge is 0.122 e. The van der Waals surface area contributed by atoms with Crippen molar-refractivity contribution in [2.75, 3.05) is 7.11 Å². The normalized spacial score (nSPS) is 14.3. The molecule has 102 valence electrons. The first-order chi connectivity index (χ1) is 8.54. The Kier molecular flexibility index (Phi) is 6.16. The maximum Gasteiger partial charge on any atom is 0.122 e. The van der Waals surface area contributed by atoms with Crippen molar-refractivity contribution in [2.45, 2.75) is 51.5 Å². The zero-order chi connectivity index (χ0) is 13.6. The van der Waals surface area contributed by atoms with Crippen molar-refractivity contribution in [2.24, 2.45) is 5.73 Å². The Morgan fingerprint density at radius 1 is 1.33 bits per heavy atom. The minimum Gasteiger partial charge on any atom is -0.496 e. The molecule has 18 heavy (non-hydrogen) atoms. The fourth-order valence-electron chi connectivity index (χ4n) is 2.18. The van der Waals surface area contributed by atoms with E-state index in [1.54, 1.807) is 7.11 Å². The van der Waals surface area contributed by atoms with Crippen LogP contribution in [0.15, 0.2) is 22.7 Å². The first-order valence-electron chi connectivity index (χ1n) is 6.66. The lowest BCUT2D eigenvalue weighted by Crippen LogP contribution is -2.41. The average Bonchev–Trinajstić information content (AvgIpc) is 2.37. The van der Waals surface area contributed by atoms with Crippen LogP contribution >= 0.6 is 15.9 Å². The fraction of sp³-hybridized carbons (Fsp3) is 0.600. The van der Waals surface area contributed by atoms with Crippen LogP contribution in [-0.4, -0.2) is 12.6 Å². The van der Waals surface area contributed by atoms with E-state index in [1.807, 2.05) is 12.1 Å². The summed E-state index contributed by atoms with van der Waals surface area (Å²) in [5.41, 5.74) is 7.58. The maximum absolute atomic E-state index is 6.52. The molecular weight excluding hydrogens is 290 g/mol. The molecule has 1 aromatic rings. The van der Waals surface area contributed by atoms with Crippen LogP contribution < -0.4 is 10.5 Å². The van der Waals surface area contributed by atoms with Crippen molar-refractivity contribution in [3.63, 3.8) is 0 Å². The number of nitrogens with two attached hydrogens (primary N) is 1. The van der Waals surface area contributed by atoms with E-state index < -0.39 is 0 Å². The molecule has 2 N–H and O–H groups in total. The molecule has 0 heterocycles. The summed E-state index contributed by atoms with van der Waals surface area (Å²) in [6.07, 6.45) is 5.29. The van der Waals surface area contributed by atoms with Gasteiger partial charge >= 0.3 is 0 Å². The third kappa shape index (κ3) is 4.29. The lowest BCUT2D eigenvalue weighted by molar-refractivity contribution is 0.353. The number of rotatable bonds is 7. The molecule has 0 bridgehead atoms. The van der Waals surface area contributed by atoms with Gasteiger partial charge in [0.2, 0.25) is 0 Å². The fourth-order valence-corrected chi connectivity index (χ4v) is 2.59. The zero-order valence-electron chi connectivity index (χ0n) is 11.6. The average molecular weight is 314 g/mol. The summed E-state index contributed by atoms with van der Waals surface area (Å²) in [6, 6.07) is 6.11. The van der Waals surface area contributed by atoms with Crippen molar-refractivity contribution >= 4 is 15.9 Å². The Bertz CT molecular complexity index is 381. The first-order valence-corrected chi connectivity index (χ1v) is 7.45. The predicted octanol–water partition coefficient (Wildman–Crippen LogP) is 4.30. The van der Waals surface area contributed by atoms with Crippen LogP contribution in [0.25, 0.3) is 0 Å². The van der Waals surface area contributed by atoms with Crippen molar-refractivity contribution in [1.82, 2.24) is 0 Å². The Hall–Kier alpha value is -0.540. The van der Waals surface area contributed by atoms with Crippen LogP contribution in [0.1, 0.15) is 45.1 Å². The molecule has 0 aliphatic rings. The maximum atomic E-state index is 6.52. The Morgan fingerprint density at radius 2 is 2.06 bits per heavy atom. The van der Waals surface area contributed by atoms with E-state index in [0.29, 0.717) is 0 Å². The molecule has 0 aliphatic heterocycles. The highest BCUT2D eigenvalue weighted by atomic mass is 79.9. The Balaban J connectivity index is 2.89. The van der Waals surface area contributed by atoms with Gasteiger partial charge in [0, 0.05) is 10.0 Å². The van der Waals surface area contributed by atoms with Crippen LogP contribution in [0.2, 0.25) is 0 Å². The van der Waals surface area contributed by atoms with E-state index in [9.17, 15) is 0 Å². The third-order valence-corrected chi connectivity index (χ3v) is 4.01. The molecule has 1 rings (SSSR count). The van der Waals surface area contributed by atoms with Gasteiger partial charge in [-0.1, -0.05) is 42.6 Å². The summed E-state index contributed by atoms with van der Waals surface area (Å²) in [4.78, 5) is 0. The quantitative estimate of drug-likeness (QED) is 0.814. The zero-order valence-corrected chi connectivity index (χ0v) is 13.2. The third-order valence-electron chi connectivity index (χ3n) is 3.52. The van der Waals surface area contributed by atoms with Gasteiger partial charge in [0.25, 0.3) is 0 Å². The number of benzene rings is 1. The van der Waals surface area contributed by atoms with Gasteiger partial charge in [-0.05, 0) is 43.0 Å². The summed E-state index contributed by atoms with van der Waals surface area (Å²) >= 11 is 3.51. The number of halogens is 1. The molecule has 2 nitrogen and oxygen atoms in total. The summed E-state index contributed by atoms with van der Waals surface area (Å²) in [6.45, 7) is 4.37. The molecule has 0 aromatic heterocycles. The molecule has 0 amide bonds. The molecular formula is C15H24BrNO. The molecule has 3 heteroatoms. The van der Waals surface area contributed by atoms with Crippen LogP contribution in [0.4, 0.5) is 0 Å². The van der Waals surface area contributed by atoms with Gasteiger partial charge in [-0.3, -0.25) is 0 Å². The minimum atomic E-state index is -0.121. The van der Waals surface area contributed by atoms with Gasteiger partial charge in [-0.15, -0.1) is 0 Å². The van der Waals surface area contributed by atoms with Crippen LogP contribution in [0, 0.1) is 0 Å². The molecule has 0 fully saturated rings. The minimum absolute atomic E-state index is 0.121. The molecule has 1 unspecified atom stereocenters. The van der Waals surface area contributed by atoms with Crippen molar-refractivity contribution in [3.8, 4) is 5.75 Å². The van der Waals surface area contributed by atoms with E-state index >= 15 is 0 Å². The summed E-state index contributed by atoms with van der Waals surface area (Å²) in [5.74, 6) is 0.929. The molecule has 0 radical (unpaired) electrons. The second-order valence-electron chi connectivity index (χ2n) is 4.95. The number of ether oxygens (including phenoxy) is 1. The highest BCUT2D eigenvalue weighted by Gasteiger charge is 2.24. The van der Waals surface area contributed by atoms with Crippen molar-refractivity contribution in [1.29, 1.82) is 0 Å². The second kappa shape index (κ2) is 7.15. The highest BCUT2D eigenvalue weighted by Crippen LogP contribution is 2.29. The van der Waals surface area contributed by atoms with Gasteiger partial charge in [-0.2, -0.15) is 0 Å².